The fourth-order valence-corrected chi connectivity index (χ4v) is 3.93. The zero-order valence-corrected chi connectivity index (χ0v) is 13.4. The van der Waals surface area contributed by atoms with Crippen LogP contribution in [0.1, 0.15) is 31.4 Å². The molecule has 2 saturated carbocycles. The lowest BCUT2D eigenvalue weighted by molar-refractivity contribution is 0.382. The molecule has 1 heterocycles. The molecule has 0 spiro atoms. The van der Waals surface area contributed by atoms with Gasteiger partial charge in [-0.25, -0.2) is 8.42 Å². The van der Waals surface area contributed by atoms with Gasteiger partial charge in [-0.1, -0.05) is 12.2 Å². The van der Waals surface area contributed by atoms with Crippen LogP contribution in [0.4, 0.5) is 0 Å². The normalized spacial score (nSPS) is 18.9. The Balaban J connectivity index is 1.82. The van der Waals surface area contributed by atoms with Gasteiger partial charge in [-0.2, -0.15) is 4.31 Å². The van der Waals surface area contributed by atoms with Crippen molar-refractivity contribution in [3.8, 4) is 0 Å². The van der Waals surface area contributed by atoms with E-state index in [2.05, 4.69) is 4.98 Å². The number of thiocarbonyl (C=S) groups is 1. The number of nitrogens with two attached hydrogens (primary N) is 1. The molecule has 1 aromatic heterocycles. The number of aromatic nitrogens is 1. The summed E-state index contributed by atoms with van der Waals surface area (Å²) in [5.41, 5.74) is 5.93. The molecular weight excluding hydrogens is 306 g/mol. The summed E-state index contributed by atoms with van der Waals surface area (Å²) in [6.07, 6.45) is 5.89. The largest absolute Gasteiger partial charge is 0.388 e. The van der Waals surface area contributed by atoms with Gasteiger partial charge < -0.3 is 5.73 Å². The lowest BCUT2D eigenvalue weighted by atomic mass is 10.3. The van der Waals surface area contributed by atoms with Crippen molar-refractivity contribution in [2.24, 2.45) is 17.6 Å². The van der Waals surface area contributed by atoms with E-state index in [0.29, 0.717) is 30.6 Å². The topological polar surface area (TPSA) is 76.3 Å². The van der Waals surface area contributed by atoms with E-state index in [4.69, 9.17) is 18.0 Å². The van der Waals surface area contributed by atoms with Gasteiger partial charge in [-0.3, -0.25) is 4.98 Å². The summed E-state index contributed by atoms with van der Waals surface area (Å²) in [4.78, 5) is 4.44. The molecule has 2 fully saturated rings. The van der Waals surface area contributed by atoms with Gasteiger partial charge in [0.25, 0.3) is 0 Å². The molecule has 0 unspecified atom stereocenters. The van der Waals surface area contributed by atoms with Crippen LogP contribution in [0.5, 0.6) is 0 Å². The van der Waals surface area contributed by atoms with Crippen molar-refractivity contribution in [2.75, 3.05) is 13.1 Å². The molecule has 2 aliphatic carbocycles. The molecule has 7 heteroatoms. The Kier molecular flexibility index (Phi) is 3.98. The van der Waals surface area contributed by atoms with E-state index in [1.165, 1.54) is 6.20 Å². The monoisotopic (exact) mass is 325 g/mol. The number of pyridine rings is 1. The molecule has 114 valence electrons. The maximum atomic E-state index is 12.8. The summed E-state index contributed by atoms with van der Waals surface area (Å²) < 4.78 is 27.2. The minimum absolute atomic E-state index is 0.173. The minimum atomic E-state index is -3.47. The SMILES string of the molecule is NC(=S)c1ccc(S(=O)(=O)N(CC2CC2)CC2CC2)cn1. The zero-order valence-electron chi connectivity index (χ0n) is 11.7. The number of sulfonamides is 1. The lowest BCUT2D eigenvalue weighted by Gasteiger charge is -2.22. The first-order valence-electron chi connectivity index (χ1n) is 7.23. The molecule has 0 saturated heterocycles. The van der Waals surface area contributed by atoms with Crippen molar-refractivity contribution in [1.29, 1.82) is 0 Å². The van der Waals surface area contributed by atoms with Gasteiger partial charge in [0.05, 0.1) is 5.69 Å². The van der Waals surface area contributed by atoms with E-state index in [1.54, 1.807) is 16.4 Å². The van der Waals surface area contributed by atoms with Crippen molar-refractivity contribution in [3.63, 3.8) is 0 Å². The first-order chi connectivity index (χ1) is 9.96. The average molecular weight is 325 g/mol. The van der Waals surface area contributed by atoms with Crippen LogP contribution in [0.25, 0.3) is 0 Å². The van der Waals surface area contributed by atoms with Gasteiger partial charge in [0.15, 0.2) is 0 Å². The van der Waals surface area contributed by atoms with E-state index in [1.807, 2.05) is 0 Å². The first-order valence-corrected chi connectivity index (χ1v) is 9.07. The van der Waals surface area contributed by atoms with Gasteiger partial charge in [-0.15, -0.1) is 0 Å². The summed E-state index contributed by atoms with van der Waals surface area (Å²) in [6.45, 7) is 1.27. The second kappa shape index (κ2) is 5.62. The van der Waals surface area contributed by atoms with E-state index in [0.717, 1.165) is 25.7 Å². The number of hydrogen-bond donors (Lipinski definition) is 1. The maximum absolute atomic E-state index is 12.8. The minimum Gasteiger partial charge on any atom is -0.388 e. The number of hydrogen-bond acceptors (Lipinski definition) is 4. The predicted molar refractivity (Wildman–Crippen MR) is 84.3 cm³/mol. The number of nitrogens with zero attached hydrogens (tertiary/aromatic N) is 2. The van der Waals surface area contributed by atoms with Crippen LogP contribution >= 0.6 is 12.2 Å². The average Bonchev–Trinajstić information content (AvgIpc) is 3.33. The van der Waals surface area contributed by atoms with Crippen molar-refractivity contribution in [1.82, 2.24) is 9.29 Å². The highest BCUT2D eigenvalue weighted by atomic mass is 32.2. The standard InChI is InChI=1S/C14H19N3O2S2/c15-14(20)13-6-5-12(7-16-13)21(18,19)17(8-10-1-2-10)9-11-3-4-11/h5-7,10-11H,1-4,8-9H2,(H2,15,20). The van der Waals surface area contributed by atoms with E-state index >= 15 is 0 Å². The van der Waals surface area contributed by atoms with Gasteiger partial charge in [-0.05, 0) is 49.7 Å². The van der Waals surface area contributed by atoms with Crippen molar-refractivity contribution < 1.29 is 8.42 Å². The summed E-state index contributed by atoms with van der Waals surface area (Å²) in [5, 5.41) is 0. The summed E-state index contributed by atoms with van der Waals surface area (Å²) in [5.74, 6) is 1.06. The Morgan fingerprint density at radius 2 is 1.81 bits per heavy atom. The van der Waals surface area contributed by atoms with Crippen molar-refractivity contribution in [3.05, 3.63) is 24.0 Å². The van der Waals surface area contributed by atoms with Crippen LogP contribution < -0.4 is 5.73 Å². The number of rotatable bonds is 7. The molecule has 0 aliphatic heterocycles. The van der Waals surface area contributed by atoms with Gasteiger partial charge in [0.2, 0.25) is 10.0 Å². The van der Waals surface area contributed by atoms with Gasteiger partial charge >= 0.3 is 0 Å². The molecule has 5 nitrogen and oxygen atoms in total. The van der Waals surface area contributed by atoms with Crippen molar-refractivity contribution in [2.45, 2.75) is 30.6 Å². The lowest BCUT2D eigenvalue weighted by Crippen LogP contribution is -2.34. The fraction of sp³-hybridized carbons (Fsp3) is 0.571. The summed E-state index contributed by atoms with van der Waals surface area (Å²) in [7, 11) is -3.47. The molecule has 0 aromatic carbocycles. The summed E-state index contributed by atoms with van der Waals surface area (Å²) in [6, 6.07) is 3.12. The van der Waals surface area contributed by atoms with E-state index < -0.39 is 10.0 Å². The third-order valence-corrected chi connectivity index (χ3v) is 5.97. The Hall–Kier alpha value is -1.05. The Morgan fingerprint density at radius 3 is 2.19 bits per heavy atom. The summed E-state index contributed by atoms with van der Waals surface area (Å²) >= 11 is 4.84. The van der Waals surface area contributed by atoms with Crippen LogP contribution in [0.3, 0.4) is 0 Å². The van der Waals surface area contributed by atoms with Gasteiger partial charge in [0, 0.05) is 19.3 Å². The van der Waals surface area contributed by atoms with Crippen LogP contribution in [0.2, 0.25) is 0 Å². The molecule has 0 atom stereocenters. The molecule has 2 N–H and O–H groups in total. The Morgan fingerprint density at radius 1 is 1.24 bits per heavy atom. The molecule has 0 radical (unpaired) electrons. The van der Waals surface area contributed by atoms with Crippen LogP contribution in [-0.4, -0.2) is 35.8 Å². The van der Waals surface area contributed by atoms with Crippen LogP contribution in [-0.2, 0) is 10.0 Å². The molecule has 0 bridgehead atoms. The Labute approximate surface area is 130 Å². The zero-order chi connectivity index (χ0) is 15.0. The predicted octanol–water partition coefficient (Wildman–Crippen LogP) is 1.53. The Bertz CT molecular complexity index is 621. The van der Waals surface area contributed by atoms with Crippen LogP contribution in [0.15, 0.2) is 23.2 Å². The quantitative estimate of drug-likeness (QED) is 0.769. The fourth-order valence-electron chi connectivity index (χ4n) is 2.28. The third kappa shape index (κ3) is 3.59. The van der Waals surface area contributed by atoms with Gasteiger partial charge in [0.1, 0.15) is 9.88 Å². The smallest absolute Gasteiger partial charge is 0.244 e. The molecular formula is C14H19N3O2S2. The molecule has 0 amide bonds. The van der Waals surface area contributed by atoms with E-state index in [-0.39, 0.29) is 9.88 Å². The van der Waals surface area contributed by atoms with E-state index in [9.17, 15) is 8.42 Å². The maximum Gasteiger partial charge on any atom is 0.244 e. The highest BCUT2D eigenvalue weighted by Crippen LogP contribution is 2.35. The molecule has 21 heavy (non-hydrogen) atoms. The second-order valence-corrected chi connectivity index (χ2v) is 8.33. The second-order valence-electron chi connectivity index (χ2n) is 5.95. The highest BCUT2D eigenvalue weighted by molar-refractivity contribution is 7.89. The third-order valence-electron chi connectivity index (χ3n) is 3.94. The highest BCUT2D eigenvalue weighted by Gasteiger charge is 2.35. The first kappa shape index (κ1) is 14.9. The van der Waals surface area contributed by atoms with Crippen LogP contribution in [0, 0.1) is 11.8 Å². The van der Waals surface area contributed by atoms with Crippen molar-refractivity contribution >= 4 is 27.2 Å². The molecule has 1 aromatic rings. The molecule has 2 aliphatic rings. The molecule has 3 rings (SSSR count).